The summed E-state index contributed by atoms with van der Waals surface area (Å²) in [5.41, 5.74) is 0.687. The fourth-order valence-corrected chi connectivity index (χ4v) is 1.06. The first-order valence-electron chi connectivity index (χ1n) is 4.03. The molecule has 1 N–H and O–H groups in total. The Hall–Kier alpha value is -2.17. The Balaban J connectivity index is 2.34. The number of carbonyl (C=O) groups is 1. The molecule has 0 bridgehead atoms. The molecule has 0 aliphatic carbocycles. The van der Waals surface area contributed by atoms with Gasteiger partial charge < -0.3 is 5.32 Å². The van der Waals surface area contributed by atoms with Crippen molar-refractivity contribution in [2.45, 2.75) is 0 Å². The molecule has 2 aromatic rings. The van der Waals surface area contributed by atoms with Crippen molar-refractivity contribution in [1.82, 2.24) is 14.6 Å². The number of hydrogen-bond acceptors (Lipinski definition) is 3. The van der Waals surface area contributed by atoms with Crippen molar-refractivity contribution in [2.24, 2.45) is 0 Å². The van der Waals surface area contributed by atoms with Crippen LogP contribution < -0.4 is 5.32 Å². The summed E-state index contributed by atoms with van der Waals surface area (Å²) in [5.74, 6) is 0.212. The van der Waals surface area contributed by atoms with Gasteiger partial charge in [0, 0.05) is 12.3 Å². The Morgan fingerprint density at radius 2 is 2.43 bits per heavy atom. The quantitative estimate of drug-likeness (QED) is 0.711. The van der Waals surface area contributed by atoms with Gasteiger partial charge in [0.25, 0.3) is 0 Å². The lowest BCUT2D eigenvalue weighted by molar-refractivity contribution is -0.111. The summed E-state index contributed by atoms with van der Waals surface area (Å²) in [4.78, 5) is 15.1. The van der Waals surface area contributed by atoms with Crippen molar-refractivity contribution >= 4 is 17.4 Å². The first-order valence-corrected chi connectivity index (χ1v) is 4.03. The van der Waals surface area contributed by atoms with Crippen LogP contribution in [0.4, 0.5) is 5.82 Å². The van der Waals surface area contributed by atoms with Crippen molar-refractivity contribution in [1.29, 1.82) is 0 Å². The van der Waals surface area contributed by atoms with Gasteiger partial charge in [-0.25, -0.2) is 9.50 Å². The maximum absolute atomic E-state index is 11.0. The third kappa shape index (κ3) is 1.47. The summed E-state index contributed by atoms with van der Waals surface area (Å²) < 4.78 is 1.61. The van der Waals surface area contributed by atoms with Gasteiger partial charge in [-0.3, -0.25) is 4.79 Å². The van der Waals surface area contributed by atoms with E-state index in [1.54, 1.807) is 29.0 Å². The van der Waals surface area contributed by atoms with Crippen LogP contribution in [0.2, 0.25) is 0 Å². The predicted molar refractivity (Wildman–Crippen MR) is 51.8 cm³/mol. The second-order valence-electron chi connectivity index (χ2n) is 2.64. The average Bonchev–Trinajstić information content (AvgIpc) is 2.64. The zero-order chi connectivity index (χ0) is 9.97. The Morgan fingerprint density at radius 1 is 1.57 bits per heavy atom. The number of aromatic nitrogens is 3. The van der Waals surface area contributed by atoms with Crippen molar-refractivity contribution in [3.05, 3.63) is 37.2 Å². The van der Waals surface area contributed by atoms with E-state index in [-0.39, 0.29) is 5.91 Å². The SMILES string of the molecule is C=CC(=O)Nc1ccn2nccc2n1. The van der Waals surface area contributed by atoms with Crippen LogP contribution >= 0.6 is 0 Å². The molecule has 0 spiro atoms. The Kier molecular flexibility index (Phi) is 1.98. The van der Waals surface area contributed by atoms with Crippen LogP contribution in [0.25, 0.3) is 5.65 Å². The topological polar surface area (TPSA) is 59.3 Å². The number of anilines is 1. The lowest BCUT2D eigenvalue weighted by atomic mass is 10.5. The lowest BCUT2D eigenvalue weighted by Gasteiger charge is -2.00. The van der Waals surface area contributed by atoms with Crippen LogP contribution in [-0.2, 0) is 4.79 Å². The molecule has 14 heavy (non-hydrogen) atoms. The largest absolute Gasteiger partial charge is 0.307 e. The minimum atomic E-state index is -0.277. The monoisotopic (exact) mass is 188 g/mol. The van der Waals surface area contributed by atoms with Crippen molar-refractivity contribution in [2.75, 3.05) is 5.32 Å². The molecule has 0 saturated heterocycles. The second kappa shape index (κ2) is 3.29. The van der Waals surface area contributed by atoms with Crippen LogP contribution in [-0.4, -0.2) is 20.5 Å². The van der Waals surface area contributed by atoms with Crippen LogP contribution in [0.5, 0.6) is 0 Å². The molecule has 0 aromatic carbocycles. The minimum absolute atomic E-state index is 0.277. The van der Waals surface area contributed by atoms with Crippen LogP contribution in [0.3, 0.4) is 0 Å². The molecule has 0 atom stereocenters. The van der Waals surface area contributed by atoms with E-state index >= 15 is 0 Å². The van der Waals surface area contributed by atoms with Crippen molar-refractivity contribution in [3.8, 4) is 0 Å². The number of nitrogens with zero attached hydrogens (tertiary/aromatic N) is 3. The molecular weight excluding hydrogens is 180 g/mol. The van der Waals surface area contributed by atoms with Gasteiger partial charge in [-0.15, -0.1) is 0 Å². The first kappa shape index (κ1) is 8.43. The number of nitrogens with one attached hydrogen (secondary N) is 1. The normalized spacial score (nSPS) is 10.0. The van der Waals surface area contributed by atoms with Gasteiger partial charge in [0.05, 0.1) is 6.20 Å². The molecule has 0 saturated carbocycles. The molecule has 0 radical (unpaired) electrons. The predicted octanol–water partition coefficient (Wildman–Crippen LogP) is 0.854. The summed E-state index contributed by atoms with van der Waals surface area (Å²) >= 11 is 0. The van der Waals surface area contributed by atoms with Gasteiger partial charge in [0.1, 0.15) is 5.82 Å². The van der Waals surface area contributed by atoms with Gasteiger partial charge in [0.2, 0.25) is 5.91 Å². The van der Waals surface area contributed by atoms with E-state index in [0.29, 0.717) is 11.5 Å². The maximum Gasteiger partial charge on any atom is 0.248 e. The highest BCUT2D eigenvalue weighted by Gasteiger charge is 2.00. The molecule has 2 aromatic heterocycles. The molecule has 2 rings (SSSR count). The fourth-order valence-electron chi connectivity index (χ4n) is 1.06. The molecule has 0 aliphatic rings. The van der Waals surface area contributed by atoms with E-state index in [1.165, 1.54) is 6.08 Å². The molecule has 0 unspecified atom stereocenters. The molecule has 70 valence electrons. The van der Waals surface area contributed by atoms with Crippen molar-refractivity contribution < 1.29 is 4.79 Å². The Bertz CT molecular complexity index is 488. The zero-order valence-corrected chi connectivity index (χ0v) is 7.34. The maximum atomic E-state index is 11.0. The average molecular weight is 188 g/mol. The lowest BCUT2D eigenvalue weighted by Crippen LogP contribution is -2.09. The molecule has 2 heterocycles. The molecule has 1 amide bonds. The molecule has 5 nitrogen and oxygen atoms in total. The van der Waals surface area contributed by atoms with E-state index < -0.39 is 0 Å². The van der Waals surface area contributed by atoms with Gasteiger partial charge >= 0.3 is 0 Å². The van der Waals surface area contributed by atoms with E-state index in [0.717, 1.165) is 0 Å². The number of carbonyl (C=O) groups excluding carboxylic acids is 1. The summed E-state index contributed by atoms with van der Waals surface area (Å²) in [6.07, 6.45) is 4.56. The Labute approximate surface area is 80.1 Å². The summed E-state index contributed by atoms with van der Waals surface area (Å²) in [7, 11) is 0. The summed E-state index contributed by atoms with van der Waals surface area (Å²) in [6.45, 7) is 3.35. The molecular formula is C9H8N4O. The standard InChI is InChI=1S/C9H8N4O/c1-2-9(14)12-7-4-6-13-8(11-7)3-5-10-13/h2-6H,1H2,(H,11,12,14). The highest BCUT2D eigenvalue weighted by Crippen LogP contribution is 2.05. The number of hydrogen-bond donors (Lipinski definition) is 1. The number of rotatable bonds is 2. The van der Waals surface area contributed by atoms with Crippen LogP contribution in [0, 0.1) is 0 Å². The number of fused-ring (bicyclic) bond motifs is 1. The summed E-state index contributed by atoms with van der Waals surface area (Å²) in [5, 5.41) is 6.54. The van der Waals surface area contributed by atoms with Gasteiger partial charge in [-0.05, 0) is 12.1 Å². The van der Waals surface area contributed by atoms with E-state index in [1.807, 2.05) is 0 Å². The molecule has 0 aliphatic heterocycles. The summed E-state index contributed by atoms with van der Waals surface area (Å²) in [6, 6.07) is 3.42. The smallest absolute Gasteiger partial charge is 0.248 e. The van der Waals surface area contributed by atoms with E-state index in [2.05, 4.69) is 22.0 Å². The van der Waals surface area contributed by atoms with Gasteiger partial charge in [-0.2, -0.15) is 5.10 Å². The Morgan fingerprint density at radius 3 is 3.21 bits per heavy atom. The van der Waals surface area contributed by atoms with Crippen molar-refractivity contribution in [3.63, 3.8) is 0 Å². The third-order valence-electron chi connectivity index (χ3n) is 1.69. The highest BCUT2D eigenvalue weighted by atomic mass is 16.1. The second-order valence-corrected chi connectivity index (χ2v) is 2.64. The van der Waals surface area contributed by atoms with Gasteiger partial charge in [-0.1, -0.05) is 6.58 Å². The van der Waals surface area contributed by atoms with E-state index in [9.17, 15) is 4.79 Å². The third-order valence-corrected chi connectivity index (χ3v) is 1.69. The highest BCUT2D eigenvalue weighted by molar-refractivity contribution is 5.98. The van der Waals surface area contributed by atoms with Crippen LogP contribution in [0.1, 0.15) is 0 Å². The number of amides is 1. The zero-order valence-electron chi connectivity index (χ0n) is 7.34. The molecule has 5 heteroatoms. The van der Waals surface area contributed by atoms with E-state index in [4.69, 9.17) is 0 Å². The molecule has 0 fully saturated rings. The fraction of sp³-hybridized carbons (Fsp3) is 0. The van der Waals surface area contributed by atoms with Crippen LogP contribution in [0.15, 0.2) is 37.2 Å². The first-order chi connectivity index (χ1) is 6.79. The van der Waals surface area contributed by atoms with Gasteiger partial charge in [0.15, 0.2) is 5.65 Å². The minimum Gasteiger partial charge on any atom is -0.307 e.